The van der Waals surface area contributed by atoms with Gasteiger partial charge in [-0.05, 0) is 24.3 Å². The van der Waals surface area contributed by atoms with Crippen LogP contribution in [0, 0.1) is 5.92 Å². The second-order valence-electron chi connectivity index (χ2n) is 3.23. The highest BCUT2D eigenvalue weighted by molar-refractivity contribution is 6.33. The van der Waals surface area contributed by atoms with Crippen LogP contribution in [0.2, 0.25) is 5.02 Å². The average Bonchev–Trinajstić information content (AvgIpc) is 2.08. The predicted molar refractivity (Wildman–Crippen MR) is 59.1 cm³/mol. The van der Waals surface area contributed by atoms with Gasteiger partial charge in [0.1, 0.15) is 0 Å². The van der Waals surface area contributed by atoms with Crippen molar-refractivity contribution in [2.45, 2.75) is 13.8 Å². The molecule has 0 amide bonds. The molecule has 0 aliphatic rings. The first-order valence-corrected chi connectivity index (χ1v) is 4.75. The molecule has 1 nitrogen and oxygen atoms in total. The number of para-hydroxylation sites is 1. The molecule has 0 saturated heterocycles. The van der Waals surface area contributed by atoms with Gasteiger partial charge < -0.3 is 5.32 Å². The third-order valence-corrected chi connectivity index (χ3v) is 1.92. The van der Waals surface area contributed by atoms with Gasteiger partial charge in [0.05, 0.1) is 10.7 Å². The Kier molecular flexibility index (Phi) is 3.84. The van der Waals surface area contributed by atoms with Crippen molar-refractivity contribution < 1.29 is 0 Å². The summed E-state index contributed by atoms with van der Waals surface area (Å²) >= 11 is 5.94. The quantitative estimate of drug-likeness (QED) is 0.771. The lowest BCUT2D eigenvalue weighted by atomic mass is 10.2. The van der Waals surface area contributed by atoms with E-state index in [1.54, 1.807) is 0 Å². The van der Waals surface area contributed by atoms with Crippen molar-refractivity contribution >= 4 is 17.3 Å². The third-order valence-electron chi connectivity index (χ3n) is 1.59. The molecule has 13 heavy (non-hydrogen) atoms. The molecular weight excluding hydrogens is 182 g/mol. The highest BCUT2D eigenvalue weighted by Gasteiger charge is 1.93. The van der Waals surface area contributed by atoms with Crippen LogP contribution in [0.3, 0.4) is 0 Å². The Labute approximate surface area is 84.4 Å². The lowest BCUT2D eigenvalue weighted by Gasteiger charge is -2.02. The summed E-state index contributed by atoms with van der Waals surface area (Å²) in [5.41, 5.74) is 0.945. The number of anilines is 1. The summed E-state index contributed by atoms with van der Waals surface area (Å²) in [5, 5.41) is 3.88. The van der Waals surface area contributed by atoms with Gasteiger partial charge in [0.15, 0.2) is 0 Å². The summed E-state index contributed by atoms with van der Waals surface area (Å²) in [7, 11) is 0. The van der Waals surface area contributed by atoms with E-state index in [-0.39, 0.29) is 0 Å². The predicted octanol–water partition coefficient (Wildman–Crippen LogP) is 3.92. The maximum Gasteiger partial charge on any atom is 0.0640 e. The molecule has 70 valence electrons. The second kappa shape index (κ2) is 4.93. The summed E-state index contributed by atoms with van der Waals surface area (Å²) in [4.78, 5) is 0. The lowest BCUT2D eigenvalue weighted by Crippen LogP contribution is -1.89. The molecule has 0 spiro atoms. The second-order valence-corrected chi connectivity index (χ2v) is 3.63. The van der Waals surface area contributed by atoms with Crippen LogP contribution in [0.1, 0.15) is 13.8 Å². The SMILES string of the molecule is CC(C)/C=C/Nc1ccccc1Cl. The first kappa shape index (κ1) is 10.1. The van der Waals surface area contributed by atoms with Crippen LogP contribution in [0.5, 0.6) is 0 Å². The average molecular weight is 196 g/mol. The molecule has 0 aliphatic heterocycles. The molecule has 1 aromatic rings. The Morgan fingerprint density at radius 3 is 2.62 bits per heavy atom. The fraction of sp³-hybridized carbons (Fsp3) is 0.273. The summed E-state index contributed by atoms with van der Waals surface area (Å²) in [6, 6.07) is 7.69. The van der Waals surface area contributed by atoms with Crippen LogP contribution >= 0.6 is 11.6 Å². The smallest absolute Gasteiger partial charge is 0.0640 e. The van der Waals surface area contributed by atoms with Crippen LogP contribution < -0.4 is 5.32 Å². The Bertz CT molecular complexity index is 292. The first-order valence-electron chi connectivity index (χ1n) is 4.38. The fourth-order valence-corrected chi connectivity index (χ4v) is 1.10. The van der Waals surface area contributed by atoms with E-state index in [2.05, 4.69) is 25.2 Å². The van der Waals surface area contributed by atoms with Gasteiger partial charge in [-0.15, -0.1) is 0 Å². The van der Waals surface area contributed by atoms with Gasteiger partial charge >= 0.3 is 0 Å². The normalized spacial score (nSPS) is 11.1. The Hall–Kier alpha value is -0.950. The van der Waals surface area contributed by atoms with E-state index < -0.39 is 0 Å². The molecular formula is C11H14ClN. The van der Waals surface area contributed by atoms with Gasteiger partial charge in [-0.25, -0.2) is 0 Å². The van der Waals surface area contributed by atoms with Crippen molar-refractivity contribution in [3.05, 3.63) is 41.6 Å². The van der Waals surface area contributed by atoms with Gasteiger partial charge in [-0.1, -0.05) is 43.7 Å². The number of benzene rings is 1. The number of rotatable bonds is 3. The van der Waals surface area contributed by atoms with Crippen molar-refractivity contribution in [2.24, 2.45) is 5.92 Å². The van der Waals surface area contributed by atoms with E-state index in [0.29, 0.717) is 5.92 Å². The zero-order valence-electron chi connectivity index (χ0n) is 7.92. The maximum absolute atomic E-state index is 5.94. The van der Waals surface area contributed by atoms with Crippen molar-refractivity contribution in [2.75, 3.05) is 5.32 Å². The zero-order chi connectivity index (χ0) is 9.68. The highest BCUT2D eigenvalue weighted by atomic mass is 35.5. The van der Waals surface area contributed by atoms with E-state index in [0.717, 1.165) is 10.7 Å². The van der Waals surface area contributed by atoms with E-state index in [9.17, 15) is 0 Å². The Morgan fingerprint density at radius 2 is 2.00 bits per heavy atom. The largest absolute Gasteiger partial charge is 0.361 e. The minimum Gasteiger partial charge on any atom is -0.361 e. The molecule has 0 aromatic heterocycles. The minimum absolute atomic E-state index is 0.551. The standard InChI is InChI=1S/C11H14ClN/c1-9(2)7-8-13-11-6-4-3-5-10(11)12/h3-9,13H,1-2H3/b8-7+. The van der Waals surface area contributed by atoms with Crippen LogP contribution in [0.4, 0.5) is 5.69 Å². The van der Waals surface area contributed by atoms with Gasteiger partial charge in [-0.2, -0.15) is 0 Å². The number of nitrogens with one attached hydrogen (secondary N) is 1. The van der Waals surface area contributed by atoms with Crippen molar-refractivity contribution in [1.82, 2.24) is 0 Å². The van der Waals surface area contributed by atoms with Crippen LogP contribution in [-0.4, -0.2) is 0 Å². The molecule has 0 bridgehead atoms. The number of hydrogen-bond acceptors (Lipinski definition) is 1. The van der Waals surface area contributed by atoms with Crippen LogP contribution in [0.25, 0.3) is 0 Å². The zero-order valence-corrected chi connectivity index (χ0v) is 8.68. The Morgan fingerprint density at radius 1 is 1.31 bits per heavy atom. The minimum atomic E-state index is 0.551. The third kappa shape index (κ3) is 3.51. The molecule has 0 radical (unpaired) electrons. The summed E-state index contributed by atoms with van der Waals surface area (Å²) < 4.78 is 0. The first-order chi connectivity index (χ1) is 6.20. The molecule has 0 fully saturated rings. The molecule has 0 aliphatic carbocycles. The summed E-state index contributed by atoms with van der Waals surface area (Å²) in [5.74, 6) is 0.551. The lowest BCUT2D eigenvalue weighted by molar-refractivity contribution is 0.830. The number of allylic oxidation sites excluding steroid dienone is 1. The highest BCUT2D eigenvalue weighted by Crippen LogP contribution is 2.20. The molecule has 0 saturated carbocycles. The van der Waals surface area contributed by atoms with Gasteiger partial charge in [0, 0.05) is 0 Å². The van der Waals surface area contributed by atoms with Gasteiger partial charge in [-0.3, -0.25) is 0 Å². The van der Waals surface area contributed by atoms with Gasteiger partial charge in [0.25, 0.3) is 0 Å². The van der Waals surface area contributed by atoms with Gasteiger partial charge in [0.2, 0.25) is 0 Å². The molecule has 1 aromatic carbocycles. The van der Waals surface area contributed by atoms with E-state index in [1.165, 1.54) is 0 Å². The number of hydrogen-bond donors (Lipinski definition) is 1. The molecule has 1 N–H and O–H groups in total. The summed E-state index contributed by atoms with van der Waals surface area (Å²) in [6.45, 7) is 4.26. The topological polar surface area (TPSA) is 12.0 Å². The van der Waals surface area contributed by atoms with E-state index in [1.807, 2.05) is 30.5 Å². The molecule has 0 unspecified atom stereocenters. The molecule has 0 heterocycles. The number of halogens is 1. The maximum atomic E-state index is 5.94. The van der Waals surface area contributed by atoms with Crippen LogP contribution in [-0.2, 0) is 0 Å². The van der Waals surface area contributed by atoms with Crippen molar-refractivity contribution in [1.29, 1.82) is 0 Å². The monoisotopic (exact) mass is 195 g/mol. The van der Waals surface area contributed by atoms with Crippen LogP contribution in [0.15, 0.2) is 36.5 Å². The summed E-state index contributed by atoms with van der Waals surface area (Å²) in [6.07, 6.45) is 4.01. The van der Waals surface area contributed by atoms with E-state index >= 15 is 0 Å². The molecule has 0 atom stereocenters. The van der Waals surface area contributed by atoms with E-state index in [4.69, 9.17) is 11.6 Å². The fourth-order valence-electron chi connectivity index (χ4n) is 0.909. The van der Waals surface area contributed by atoms with Crippen molar-refractivity contribution in [3.8, 4) is 0 Å². The molecule has 2 heteroatoms. The molecule has 1 rings (SSSR count). The van der Waals surface area contributed by atoms with Crippen molar-refractivity contribution in [3.63, 3.8) is 0 Å². The Balaban J connectivity index is 2.59.